The lowest BCUT2D eigenvalue weighted by Gasteiger charge is -2.32. The smallest absolute Gasteiger partial charge is 0.282 e. The van der Waals surface area contributed by atoms with Gasteiger partial charge in [-0.15, -0.1) is 0 Å². The number of ether oxygens (including phenoxy) is 3. The number of fused-ring (bicyclic) bond motifs is 1. The summed E-state index contributed by atoms with van der Waals surface area (Å²) in [7, 11) is 0. The van der Waals surface area contributed by atoms with Crippen molar-refractivity contribution in [1.82, 2.24) is 0 Å². The standard InChI is InChI=1S/C22H27N3O4/c1-17(22(26)23-18-7-8-20-21(15-18)29-16-28-20)25-11-9-24(10-12-25)13-14-27-19-5-3-2-4-6-19/h2-8,15,17H,9-14,16H2,1H3,(H,23,26)/p+2/t17-/m0/s1. The number of rotatable bonds is 7. The van der Waals surface area contributed by atoms with E-state index in [0.717, 1.165) is 56.5 Å². The molecule has 7 nitrogen and oxygen atoms in total. The van der Waals surface area contributed by atoms with E-state index >= 15 is 0 Å². The van der Waals surface area contributed by atoms with Crippen molar-refractivity contribution >= 4 is 11.6 Å². The van der Waals surface area contributed by atoms with E-state index < -0.39 is 0 Å². The Labute approximate surface area is 171 Å². The van der Waals surface area contributed by atoms with Crippen LogP contribution in [0.3, 0.4) is 0 Å². The zero-order valence-corrected chi connectivity index (χ0v) is 16.8. The highest BCUT2D eigenvalue weighted by atomic mass is 16.7. The highest BCUT2D eigenvalue weighted by Gasteiger charge is 2.31. The van der Waals surface area contributed by atoms with Crippen LogP contribution in [0.2, 0.25) is 0 Å². The third-order valence-electron chi connectivity index (χ3n) is 5.71. The van der Waals surface area contributed by atoms with E-state index in [0.29, 0.717) is 5.75 Å². The second kappa shape index (κ2) is 9.15. The first-order valence-corrected chi connectivity index (χ1v) is 10.3. The van der Waals surface area contributed by atoms with Gasteiger partial charge in [-0.2, -0.15) is 0 Å². The van der Waals surface area contributed by atoms with Gasteiger partial charge < -0.3 is 29.3 Å². The Morgan fingerprint density at radius 1 is 1.07 bits per heavy atom. The number of piperazine rings is 1. The van der Waals surface area contributed by atoms with Gasteiger partial charge in [-0.25, -0.2) is 0 Å². The summed E-state index contributed by atoms with van der Waals surface area (Å²) in [5.74, 6) is 2.36. The van der Waals surface area contributed by atoms with Crippen LogP contribution in [0.25, 0.3) is 0 Å². The molecule has 1 saturated heterocycles. The van der Waals surface area contributed by atoms with Crippen molar-refractivity contribution in [2.24, 2.45) is 0 Å². The van der Waals surface area contributed by atoms with Crippen LogP contribution in [0.1, 0.15) is 6.92 Å². The summed E-state index contributed by atoms with van der Waals surface area (Å²) in [4.78, 5) is 15.6. The van der Waals surface area contributed by atoms with E-state index in [1.54, 1.807) is 0 Å². The van der Waals surface area contributed by atoms with Crippen molar-refractivity contribution in [2.75, 3.05) is 51.4 Å². The number of carbonyl (C=O) groups is 1. The Kier molecular flexibility index (Phi) is 6.17. The highest BCUT2D eigenvalue weighted by molar-refractivity contribution is 5.93. The summed E-state index contributed by atoms with van der Waals surface area (Å²) < 4.78 is 16.5. The average Bonchev–Trinajstić information content (AvgIpc) is 3.22. The van der Waals surface area contributed by atoms with E-state index in [-0.39, 0.29) is 18.7 Å². The Morgan fingerprint density at radius 2 is 1.83 bits per heavy atom. The molecule has 0 radical (unpaired) electrons. The van der Waals surface area contributed by atoms with Gasteiger partial charge in [-0.3, -0.25) is 4.79 Å². The van der Waals surface area contributed by atoms with E-state index in [9.17, 15) is 4.79 Å². The fourth-order valence-electron chi connectivity index (χ4n) is 3.85. The van der Waals surface area contributed by atoms with Crippen molar-refractivity contribution in [1.29, 1.82) is 0 Å². The Hall–Kier alpha value is -2.77. The number of quaternary nitrogens is 2. The molecule has 0 unspecified atom stereocenters. The van der Waals surface area contributed by atoms with Crippen LogP contribution >= 0.6 is 0 Å². The van der Waals surface area contributed by atoms with Crippen LogP contribution < -0.4 is 29.3 Å². The first-order chi connectivity index (χ1) is 14.2. The lowest BCUT2D eigenvalue weighted by molar-refractivity contribution is -1.02. The molecule has 2 aromatic rings. The molecule has 1 amide bonds. The van der Waals surface area contributed by atoms with Gasteiger partial charge >= 0.3 is 0 Å². The quantitative estimate of drug-likeness (QED) is 0.593. The summed E-state index contributed by atoms with van der Waals surface area (Å²) in [6.07, 6.45) is 0. The maximum Gasteiger partial charge on any atom is 0.282 e. The third-order valence-corrected chi connectivity index (χ3v) is 5.71. The summed E-state index contributed by atoms with van der Waals surface area (Å²) in [5.41, 5.74) is 0.743. The molecule has 3 N–H and O–H groups in total. The Morgan fingerprint density at radius 3 is 2.62 bits per heavy atom. The number of amides is 1. The minimum atomic E-state index is -0.0949. The molecule has 0 saturated carbocycles. The molecule has 0 aromatic heterocycles. The number of para-hydroxylation sites is 1. The summed E-state index contributed by atoms with van der Waals surface area (Å²) in [6.45, 7) is 8.00. The Balaban J connectivity index is 1.20. The van der Waals surface area contributed by atoms with Crippen molar-refractivity contribution < 1.29 is 28.8 Å². The van der Waals surface area contributed by atoms with Gasteiger partial charge in [0, 0.05) is 11.8 Å². The SMILES string of the molecule is C[C@@H](C(=O)Nc1ccc2c(c1)OCO2)[NH+]1CC[NH+](CCOc2ccccc2)CC1. The fraction of sp³-hybridized carbons (Fsp3) is 0.409. The molecule has 29 heavy (non-hydrogen) atoms. The minimum absolute atomic E-state index is 0.0368. The zero-order chi connectivity index (χ0) is 20.1. The van der Waals surface area contributed by atoms with Gasteiger partial charge in [0.2, 0.25) is 6.79 Å². The summed E-state index contributed by atoms with van der Waals surface area (Å²) >= 11 is 0. The second-order valence-corrected chi connectivity index (χ2v) is 7.60. The lowest BCUT2D eigenvalue weighted by atomic mass is 10.2. The summed E-state index contributed by atoms with van der Waals surface area (Å²) in [6, 6.07) is 15.3. The molecular weight excluding hydrogens is 370 g/mol. The number of anilines is 1. The van der Waals surface area contributed by atoms with Crippen LogP contribution in [0, 0.1) is 0 Å². The van der Waals surface area contributed by atoms with E-state index in [4.69, 9.17) is 14.2 Å². The van der Waals surface area contributed by atoms with Gasteiger partial charge in [0.15, 0.2) is 17.5 Å². The monoisotopic (exact) mass is 399 g/mol. The molecule has 0 bridgehead atoms. The van der Waals surface area contributed by atoms with Crippen LogP contribution in [-0.4, -0.2) is 58.1 Å². The maximum absolute atomic E-state index is 12.7. The summed E-state index contributed by atoms with van der Waals surface area (Å²) in [5, 5.41) is 3.01. The number of nitrogens with one attached hydrogen (secondary N) is 3. The molecule has 1 fully saturated rings. The molecule has 7 heteroatoms. The first kappa shape index (κ1) is 19.5. The molecular formula is C22H29N3O4+2. The molecule has 0 spiro atoms. The lowest BCUT2D eigenvalue weighted by Crippen LogP contribution is -3.30. The number of benzene rings is 2. The first-order valence-electron chi connectivity index (χ1n) is 10.3. The van der Waals surface area contributed by atoms with E-state index in [1.165, 1.54) is 9.80 Å². The average molecular weight is 399 g/mol. The molecule has 0 aliphatic carbocycles. The highest BCUT2D eigenvalue weighted by Crippen LogP contribution is 2.34. The van der Waals surface area contributed by atoms with Crippen molar-refractivity contribution in [2.45, 2.75) is 13.0 Å². The van der Waals surface area contributed by atoms with Gasteiger partial charge in [0.1, 0.15) is 45.1 Å². The van der Waals surface area contributed by atoms with Gasteiger partial charge in [-0.05, 0) is 31.2 Å². The third kappa shape index (κ3) is 4.99. The molecule has 154 valence electrons. The largest absolute Gasteiger partial charge is 0.488 e. The number of carbonyl (C=O) groups excluding carboxylic acids is 1. The van der Waals surface area contributed by atoms with E-state index in [2.05, 4.69) is 5.32 Å². The number of hydrogen-bond donors (Lipinski definition) is 3. The predicted octanol–water partition coefficient (Wildman–Crippen LogP) is -0.395. The number of hydrogen-bond acceptors (Lipinski definition) is 4. The molecule has 2 heterocycles. The van der Waals surface area contributed by atoms with Gasteiger partial charge in [0.25, 0.3) is 5.91 Å². The van der Waals surface area contributed by atoms with Gasteiger partial charge in [0.05, 0.1) is 0 Å². The van der Waals surface area contributed by atoms with Crippen LogP contribution in [0.15, 0.2) is 48.5 Å². The predicted molar refractivity (Wildman–Crippen MR) is 109 cm³/mol. The normalized spacial score (nSPS) is 21.4. The van der Waals surface area contributed by atoms with Gasteiger partial charge in [-0.1, -0.05) is 18.2 Å². The maximum atomic E-state index is 12.7. The van der Waals surface area contributed by atoms with Crippen molar-refractivity contribution in [3.63, 3.8) is 0 Å². The minimum Gasteiger partial charge on any atom is -0.488 e. The second-order valence-electron chi connectivity index (χ2n) is 7.60. The Bertz CT molecular complexity index is 822. The zero-order valence-electron chi connectivity index (χ0n) is 16.8. The van der Waals surface area contributed by atoms with Crippen molar-refractivity contribution in [3.8, 4) is 17.2 Å². The topological polar surface area (TPSA) is 65.7 Å². The molecule has 4 rings (SSSR count). The van der Waals surface area contributed by atoms with Crippen LogP contribution in [0.5, 0.6) is 17.2 Å². The van der Waals surface area contributed by atoms with Crippen molar-refractivity contribution in [3.05, 3.63) is 48.5 Å². The molecule has 1 atom stereocenters. The van der Waals surface area contributed by atoms with Crippen LogP contribution in [0.4, 0.5) is 5.69 Å². The molecule has 2 aliphatic rings. The van der Waals surface area contributed by atoms with Crippen LogP contribution in [-0.2, 0) is 4.79 Å². The molecule has 2 aromatic carbocycles. The van der Waals surface area contributed by atoms with E-state index in [1.807, 2.05) is 55.5 Å². The fourth-order valence-corrected chi connectivity index (χ4v) is 3.85. The molecule has 2 aliphatic heterocycles.